The van der Waals surface area contributed by atoms with Crippen molar-refractivity contribution in [3.8, 4) is 0 Å². The van der Waals surface area contributed by atoms with Crippen LogP contribution < -0.4 is 5.32 Å². The third-order valence-electron chi connectivity index (χ3n) is 3.30. The summed E-state index contributed by atoms with van der Waals surface area (Å²) in [5.74, 6) is -0.375. The van der Waals surface area contributed by atoms with Gasteiger partial charge in [0.05, 0.1) is 17.2 Å². The average Bonchev–Trinajstić information content (AvgIpc) is 2.41. The largest absolute Gasteiger partial charge is 0.376 e. The van der Waals surface area contributed by atoms with Gasteiger partial charge in [-0.1, -0.05) is 17.7 Å². The zero-order valence-electron chi connectivity index (χ0n) is 10.2. The Bertz CT molecular complexity index is 424. The van der Waals surface area contributed by atoms with Gasteiger partial charge in [-0.2, -0.15) is 0 Å². The van der Waals surface area contributed by atoms with Crippen LogP contribution in [0.15, 0.2) is 16.6 Å². The SMILES string of the molecule is CNC(c1ccc(Br)c(Cl)c1F)C1CCCCO1. The fourth-order valence-corrected chi connectivity index (χ4v) is 2.83. The number of rotatable bonds is 3. The second-order valence-corrected chi connectivity index (χ2v) is 5.67. The van der Waals surface area contributed by atoms with Gasteiger partial charge in [-0.05, 0) is 48.3 Å². The summed E-state index contributed by atoms with van der Waals surface area (Å²) in [5, 5.41) is 3.26. The second-order valence-electron chi connectivity index (χ2n) is 4.44. The quantitative estimate of drug-likeness (QED) is 0.840. The lowest BCUT2D eigenvalue weighted by molar-refractivity contribution is -0.00731. The van der Waals surface area contributed by atoms with Crippen molar-refractivity contribution in [1.82, 2.24) is 5.32 Å². The van der Waals surface area contributed by atoms with Gasteiger partial charge in [0.15, 0.2) is 0 Å². The number of hydrogen-bond donors (Lipinski definition) is 1. The van der Waals surface area contributed by atoms with Crippen molar-refractivity contribution in [2.45, 2.75) is 31.4 Å². The molecule has 2 nitrogen and oxygen atoms in total. The van der Waals surface area contributed by atoms with Crippen LogP contribution in [-0.2, 0) is 4.74 Å². The third kappa shape index (κ3) is 2.87. The van der Waals surface area contributed by atoms with Gasteiger partial charge in [0.25, 0.3) is 0 Å². The lowest BCUT2D eigenvalue weighted by Crippen LogP contribution is -2.34. The first-order valence-corrected chi connectivity index (χ1v) is 7.24. The number of hydrogen-bond acceptors (Lipinski definition) is 2. The zero-order valence-corrected chi connectivity index (χ0v) is 12.5. The summed E-state index contributed by atoms with van der Waals surface area (Å²) in [7, 11) is 1.82. The molecule has 1 saturated heterocycles. The number of likely N-dealkylation sites (N-methyl/N-ethyl adjacent to an activating group) is 1. The predicted octanol–water partition coefficient (Wildman–Crippen LogP) is 4.07. The van der Waals surface area contributed by atoms with Crippen LogP contribution in [0.25, 0.3) is 0 Å². The van der Waals surface area contributed by atoms with Gasteiger partial charge in [0.1, 0.15) is 5.82 Å². The van der Waals surface area contributed by atoms with Crippen molar-refractivity contribution in [2.24, 2.45) is 0 Å². The van der Waals surface area contributed by atoms with Gasteiger partial charge in [0.2, 0.25) is 0 Å². The highest BCUT2D eigenvalue weighted by Gasteiger charge is 2.28. The molecular weight excluding hydrogens is 321 g/mol. The molecule has 1 aromatic rings. The molecule has 1 N–H and O–H groups in total. The van der Waals surface area contributed by atoms with Crippen LogP contribution in [0.5, 0.6) is 0 Å². The topological polar surface area (TPSA) is 21.3 Å². The van der Waals surface area contributed by atoms with Crippen molar-refractivity contribution < 1.29 is 9.13 Å². The Morgan fingerprint density at radius 1 is 1.50 bits per heavy atom. The summed E-state index contributed by atoms with van der Waals surface area (Å²) in [6, 6.07) is 3.37. The molecule has 0 aliphatic carbocycles. The Labute approximate surface area is 120 Å². The predicted molar refractivity (Wildman–Crippen MR) is 74.5 cm³/mol. The fourth-order valence-electron chi connectivity index (χ4n) is 2.35. The average molecular weight is 337 g/mol. The Morgan fingerprint density at radius 3 is 2.89 bits per heavy atom. The first kappa shape index (κ1) is 14.3. The van der Waals surface area contributed by atoms with Crippen molar-refractivity contribution in [1.29, 1.82) is 0 Å². The highest BCUT2D eigenvalue weighted by atomic mass is 79.9. The van der Waals surface area contributed by atoms with Gasteiger partial charge >= 0.3 is 0 Å². The molecule has 0 radical (unpaired) electrons. The molecule has 0 amide bonds. The molecule has 18 heavy (non-hydrogen) atoms. The van der Waals surface area contributed by atoms with Gasteiger partial charge in [-0.25, -0.2) is 4.39 Å². The molecule has 0 spiro atoms. The third-order valence-corrected chi connectivity index (χ3v) is 4.56. The van der Waals surface area contributed by atoms with Crippen LogP contribution in [0.3, 0.4) is 0 Å². The zero-order chi connectivity index (χ0) is 13.1. The van der Waals surface area contributed by atoms with E-state index in [0.29, 0.717) is 10.0 Å². The molecule has 2 unspecified atom stereocenters. The summed E-state index contributed by atoms with van der Waals surface area (Å²) in [6.45, 7) is 0.745. The molecule has 1 heterocycles. The number of ether oxygens (including phenoxy) is 1. The maximum absolute atomic E-state index is 14.2. The van der Waals surface area contributed by atoms with E-state index in [-0.39, 0.29) is 23.0 Å². The van der Waals surface area contributed by atoms with Gasteiger partial charge in [0, 0.05) is 16.6 Å². The van der Waals surface area contributed by atoms with Crippen molar-refractivity contribution in [3.05, 3.63) is 33.0 Å². The molecular formula is C13H16BrClFNO. The monoisotopic (exact) mass is 335 g/mol. The van der Waals surface area contributed by atoms with Crippen molar-refractivity contribution >= 4 is 27.5 Å². The van der Waals surface area contributed by atoms with Gasteiger partial charge in [-0.3, -0.25) is 0 Å². The molecule has 1 aromatic carbocycles. The van der Waals surface area contributed by atoms with Gasteiger partial charge in [-0.15, -0.1) is 0 Å². The van der Waals surface area contributed by atoms with Crippen LogP contribution >= 0.6 is 27.5 Å². The Morgan fingerprint density at radius 2 is 2.28 bits per heavy atom. The van der Waals surface area contributed by atoms with E-state index in [4.69, 9.17) is 16.3 Å². The summed E-state index contributed by atoms with van der Waals surface area (Å²) in [4.78, 5) is 0. The molecule has 1 aliphatic rings. The smallest absolute Gasteiger partial charge is 0.147 e. The summed E-state index contributed by atoms with van der Waals surface area (Å²) in [6.07, 6.45) is 3.15. The van der Waals surface area contributed by atoms with E-state index in [1.54, 1.807) is 12.1 Å². The molecule has 2 atom stereocenters. The van der Waals surface area contributed by atoms with E-state index >= 15 is 0 Å². The highest BCUT2D eigenvalue weighted by molar-refractivity contribution is 9.10. The molecule has 100 valence electrons. The van der Waals surface area contributed by atoms with Crippen LogP contribution in [0.4, 0.5) is 4.39 Å². The molecule has 5 heteroatoms. The molecule has 0 saturated carbocycles. The molecule has 1 aliphatic heterocycles. The van der Waals surface area contributed by atoms with Crippen LogP contribution in [0.1, 0.15) is 30.9 Å². The standard InChI is InChI=1S/C13H16BrClFNO/c1-17-13(10-4-2-3-7-18-10)8-5-6-9(14)11(15)12(8)16/h5-6,10,13,17H,2-4,7H2,1H3. The van der Waals surface area contributed by atoms with E-state index < -0.39 is 0 Å². The van der Waals surface area contributed by atoms with Crippen LogP contribution in [0.2, 0.25) is 5.02 Å². The van der Waals surface area contributed by atoms with E-state index in [1.165, 1.54) is 0 Å². The van der Waals surface area contributed by atoms with Crippen molar-refractivity contribution in [3.63, 3.8) is 0 Å². The first-order chi connectivity index (χ1) is 8.65. The first-order valence-electron chi connectivity index (χ1n) is 6.07. The maximum atomic E-state index is 14.2. The highest BCUT2D eigenvalue weighted by Crippen LogP contribution is 2.33. The van der Waals surface area contributed by atoms with Crippen molar-refractivity contribution in [2.75, 3.05) is 13.7 Å². The minimum Gasteiger partial charge on any atom is -0.376 e. The lowest BCUT2D eigenvalue weighted by atomic mass is 9.95. The second kappa shape index (κ2) is 6.33. The van der Waals surface area contributed by atoms with Gasteiger partial charge < -0.3 is 10.1 Å². The lowest BCUT2D eigenvalue weighted by Gasteiger charge is -2.31. The molecule has 0 aromatic heterocycles. The molecule has 0 bridgehead atoms. The van der Waals surface area contributed by atoms with E-state index in [2.05, 4.69) is 21.2 Å². The molecule has 2 rings (SSSR count). The number of nitrogens with one attached hydrogen (secondary N) is 1. The van der Waals surface area contributed by atoms with Crippen LogP contribution in [-0.4, -0.2) is 19.8 Å². The minimum absolute atomic E-state index is 0.00971. The van der Waals surface area contributed by atoms with E-state index in [1.807, 2.05) is 7.05 Å². The Kier molecular flexibility index (Phi) is 5.01. The summed E-state index contributed by atoms with van der Waals surface area (Å²) >= 11 is 9.16. The normalized spacial score (nSPS) is 21.9. The summed E-state index contributed by atoms with van der Waals surface area (Å²) in [5.41, 5.74) is 0.567. The number of halogens is 3. The summed E-state index contributed by atoms with van der Waals surface area (Å²) < 4.78 is 20.5. The fraction of sp³-hybridized carbons (Fsp3) is 0.538. The Hall–Kier alpha value is -0.160. The van der Waals surface area contributed by atoms with E-state index in [0.717, 1.165) is 25.9 Å². The molecule has 1 fully saturated rings. The Balaban J connectivity index is 2.29. The van der Waals surface area contributed by atoms with E-state index in [9.17, 15) is 4.39 Å². The maximum Gasteiger partial charge on any atom is 0.147 e. The van der Waals surface area contributed by atoms with Crippen LogP contribution in [0, 0.1) is 5.82 Å². The minimum atomic E-state index is -0.375. The number of benzene rings is 1.